The number of thiophene rings is 1. The minimum absolute atomic E-state index is 0.584. The summed E-state index contributed by atoms with van der Waals surface area (Å²) in [6.45, 7) is 5.13. The maximum Gasteiger partial charge on any atom is 0.180 e. The maximum absolute atomic E-state index is 5.32. The number of hydrogen-bond donors (Lipinski definition) is 2. The van der Waals surface area contributed by atoms with E-state index in [0.717, 1.165) is 29.1 Å². The normalized spacial score (nSPS) is 10.8. The summed E-state index contributed by atoms with van der Waals surface area (Å²) in [5.41, 5.74) is 2.22. The number of nitrogens with one attached hydrogen (secondary N) is 2. The fourth-order valence-electron chi connectivity index (χ4n) is 2.40. The summed E-state index contributed by atoms with van der Waals surface area (Å²) in [5, 5.41) is 6.90. The van der Waals surface area contributed by atoms with Crippen LogP contribution in [0.25, 0.3) is 21.7 Å². The van der Waals surface area contributed by atoms with Crippen molar-refractivity contribution in [2.75, 3.05) is 11.9 Å². The highest BCUT2D eigenvalue weighted by Crippen LogP contribution is 2.26. The van der Waals surface area contributed by atoms with Gasteiger partial charge in [-0.15, -0.1) is 11.3 Å². The Bertz CT molecular complexity index is 875. The van der Waals surface area contributed by atoms with Gasteiger partial charge < -0.3 is 10.6 Å². The molecule has 3 aromatic rings. The van der Waals surface area contributed by atoms with Crippen LogP contribution in [0.2, 0.25) is 0 Å². The monoisotopic (exact) mass is 371 g/mol. The molecular formula is C18H21N5S2. The lowest BCUT2D eigenvalue weighted by Gasteiger charge is -2.10. The molecule has 0 saturated heterocycles. The molecule has 3 rings (SSSR count). The van der Waals surface area contributed by atoms with E-state index in [4.69, 9.17) is 12.2 Å². The van der Waals surface area contributed by atoms with E-state index in [-0.39, 0.29) is 0 Å². The number of thiocarbonyl (C=S) groups is 1. The van der Waals surface area contributed by atoms with E-state index in [2.05, 4.69) is 51.6 Å². The molecule has 0 bridgehead atoms. The largest absolute Gasteiger partial charge is 0.362 e. The third-order valence-electron chi connectivity index (χ3n) is 3.71. The molecule has 0 fully saturated rings. The maximum atomic E-state index is 5.32. The molecular weight excluding hydrogens is 350 g/mol. The van der Waals surface area contributed by atoms with Crippen molar-refractivity contribution >= 4 is 45.6 Å². The molecule has 0 atom stereocenters. The first-order valence-corrected chi connectivity index (χ1v) is 9.63. The van der Waals surface area contributed by atoms with E-state index in [9.17, 15) is 0 Å². The van der Waals surface area contributed by atoms with Gasteiger partial charge in [0.05, 0.1) is 11.1 Å². The highest BCUT2D eigenvalue weighted by atomic mass is 32.1. The van der Waals surface area contributed by atoms with Gasteiger partial charge in [-0.25, -0.2) is 9.97 Å². The number of fused-ring (bicyclic) bond motifs is 1. The van der Waals surface area contributed by atoms with E-state index in [1.54, 1.807) is 17.5 Å². The second-order valence-corrected chi connectivity index (χ2v) is 7.49. The first-order chi connectivity index (χ1) is 12.2. The van der Waals surface area contributed by atoms with Crippen molar-refractivity contribution in [3.8, 4) is 10.6 Å². The third-order valence-corrected chi connectivity index (χ3v) is 4.98. The molecule has 3 heterocycles. The smallest absolute Gasteiger partial charge is 0.180 e. The van der Waals surface area contributed by atoms with Crippen LogP contribution in [-0.2, 0) is 0 Å². The van der Waals surface area contributed by atoms with Gasteiger partial charge in [-0.05, 0) is 49.8 Å². The molecule has 130 valence electrons. The van der Waals surface area contributed by atoms with Crippen molar-refractivity contribution in [3.05, 3.63) is 35.3 Å². The van der Waals surface area contributed by atoms with Gasteiger partial charge in [0.25, 0.3) is 0 Å². The topological polar surface area (TPSA) is 62.7 Å². The van der Waals surface area contributed by atoms with Crippen LogP contribution in [0.3, 0.4) is 0 Å². The van der Waals surface area contributed by atoms with Crippen LogP contribution in [0.4, 0.5) is 5.82 Å². The molecule has 3 aromatic heterocycles. The molecule has 5 nitrogen and oxygen atoms in total. The zero-order chi connectivity index (χ0) is 17.6. The van der Waals surface area contributed by atoms with E-state index in [0.29, 0.717) is 16.6 Å². The van der Waals surface area contributed by atoms with Gasteiger partial charge in [-0.2, -0.15) is 0 Å². The molecule has 2 N–H and O–H groups in total. The van der Waals surface area contributed by atoms with Gasteiger partial charge in [0.15, 0.2) is 10.8 Å². The Morgan fingerprint density at radius 2 is 2.04 bits per heavy atom. The lowest BCUT2D eigenvalue weighted by Crippen LogP contribution is -2.29. The van der Waals surface area contributed by atoms with Crippen LogP contribution >= 0.6 is 23.6 Å². The molecule has 0 amide bonds. The van der Waals surface area contributed by atoms with Crippen LogP contribution < -0.4 is 10.6 Å². The number of rotatable bonds is 6. The number of anilines is 1. The average Bonchev–Trinajstić information content (AvgIpc) is 3.04. The second kappa shape index (κ2) is 8.31. The van der Waals surface area contributed by atoms with Crippen LogP contribution in [0.15, 0.2) is 30.5 Å². The van der Waals surface area contributed by atoms with Crippen molar-refractivity contribution in [3.63, 3.8) is 0 Å². The second-order valence-electron chi connectivity index (χ2n) is 5.79. The first kappa shape index (κ1) is 17.7. The summed E-state index contributed by atoms with van der Waals surface area (Å²) in [4.78, 5) is 16.0. The third kappa shape index (κ3) is 4.70. The molecule has 0 aliphatic rings. The zero-order valence-corrected chi connectivity index (χ0v) is 16.0. The number of unbranched alkanes of at least 4 members (excludes halogenated alkanes) is 2. The standard InChI is InChI=1S/C18H21N5S2/c1-3-4-5-10-19-18(24)23-16-9-7-13-17(22-16)21-14(11-20-13)15-8-6-12(2)25-15/h6-9,11H,3-5,10H2,1-2H3,(H2,19,21,22,23,24). The molecule has 0 radical (unpaired) electrons. The van der Waals surface area contributed by atoms with Crippen LogP contribution in [0.1, 0.15) is 31.1 Å². The predicted octanol–water partition coefficient (Wildman–Crippen LogP) is 4.54. The van der Waals surface area contributed by atoms with Crippen LogP contribution in [0.5, 0.6) is 0 Å². The lowest BCUT2D eigenvalue weighted by atomic mass is 10.2. The van der Waals surface area contributed by atoms with E-state index in [1.807, 2.05) is 12.1 Å². The van der Waals surface area contributed by atoms with Gasteiger partial charge in [0, 0.05) is 11.4 Å². The summed E-state index contributed by atoms with van der Waals surface area (Å²) in [7, 11) is 0. The summed E-state index contributed by atoms with van der Waals surface area (Å²) in [5.74, 6) is 0.675. The van der Waals surface area contributed by atoms with E-state index < -0.39 is 0 Å². The molecule has 0 saturated carbocycles. The minimum atomic E-state index is 0.584. The Morgan fingerprint density at radius 1 is 1.16 bits per heavy atom. The Labute approximate surface area is 156 Å². The predicted molar refractivity (Wildman–Crippen MR) is 109 cm³/mol. The lowest BCUT2D eigenvalue weighted by molar-refractivity contribution is 0.697. The Kier molecular flexibility index (Phi) is 5.88. The fraction of sp³-hybridized carbons (Fsp3) is 0.333. The van der Waals surface area contributed by atoms with Crippen molar-refractivity contribution in [1.29, 1.82) is 0 Å². The Morgan fingerprint density at radius 3 is 2.80 bits per heavy atom. The number of pyridine rings is 1. The summed E-state index contributed by atoms with van der Waals surface area (Å²) in [6.07, 6.45) is 5.30. The number of aryl methyl sites for hydroxylation is 1. The van der Waals surface area contributed by atoms with Crippen LogP contribution in [0, 0.1) is 6.92 Å². The van der Waals surface area contributed by atoms with E-state index >= 15 is 0 Å². The molecule has 25 heavy (non-hydrogen) atoms. The molecule has 0 aliphatic carbocycles. The quantitative estimate of drug-likeness (QED) is 0.490. The Balaban J connectivity index is 1.73. The number of aromatic nitrogens is 3. The van der Waals surface area contributed by atoms with Gasteiger partial charge in [-0.1, -0.05) is 19.8 Å². The van der Waals surface area contributed by atoms with Gasteiger partial charge in [-0.3, -0.25) is 4.98 Å². The summed E-state index contributed by atoms with van der Waals surface area (Å²) >= 11 is 7.02. The van der Waals surface area contributed by atoms with Crippen LogP contribution in [-0.4, -0.2) is 26.6 Å². The minimum Gasteiger partial charge on any atom is -0.362 e. The molecule has 0 aliphatic heterocycles. The fourth-order valence-corrected chi connectivity index (χ4v) is 3.42. The van der Waals surface area contributed by atoms with E-state index in [1.165, 1.54) is 17.7 Å². The zero-order valence-electron chi connectivity index (χ0n) is 14.4. The van der Waals surface area contributed by atoms with Crippen molar-refractivity contribution in [2.24, 2.45) is 0 Å². The number of nitrogens with zero attached hydrogens (tertiary/aromatic N) is 3. The van der Waals surface area contributed by atoms with Gasteiger partial charge in [0.2, 0.25) is 0 Å². The average molecular weight is 372 g/mol. The highest BCUT2D eigenvalue weighted by Gasteiger charge is 2.07. The van der Waals surface area contributed by atoms with Gasteiger partial charge in [0.1, 0.15) is 17.0 Å². The SMILES string of the molecule is CCCCCNC(=S)Nc1ccc2ncc(-c3ccc(C)s3)nc2n1. The molecule has 7 heteroatoms. The van der Waals surface area contributed by atoms with Crippen molar-refractivity contribution in [2.45, 2.75) is 33.1 Å². The van der Waals surface area contributed by atoms with Crippen molar-refractivity contribution in [1.82, 2.24) is 20.3 Å². The van der Waals surface area contributed by atoms with Crippen molar-refractivity contribution < 1.29 is 0 Å². The highest BCUT2D eigenvalue weighted by molar-refractivity contribution is 7.80. The molecule has 0 spiro atoms. The number of hydrogen-bond acceptors (Lipinski definition) is 5. The first-order valence-electron chi connectivity index (χ1n) is 8.41. The molecule has 0 unspecified atom stereocenters. The summed E-state index contributed by atoms with van der Waals surface area (Å²) < 4.78 is 0. The Hall–Kier alpha value is -2.12. The van der Waals surface area contributed by atoms with Gasteiger partial charge >= 0.3 is 0 Å². The molecule has 0 aromatic carbocycles. The summed E-state index contributed by atoms with van der Waals surface area (Å²) in [6, 6.07) is 7.92.